The van der Waals surface area contributed by atoms with Gasteiger partial charge in [-0.25, -0.2) is 0 Å². The van der Waals surface area contributed by atoms with Gasteiger partial charge in [0.2, 0.25) is 0 Å². The van der Waals surface area contributed by atoms with Crippen molar-refractivity contribution in [1.82, 2.24) is 0 Å². The van der Waals surface area contributed by atoms with E-state index >= 15 is 0 Å². The molecule has 0 saturated carbocycles. The normalized spacial score (nSPS) is 14.6. The van der Waals surface area contributed by atoms with Gasteiger partial charge in [0.15, 0.2) is 0 Å². The molecule has 0 fully saturated rings. The van der Waals surface area contributed by atoms with Crippen LogP contribution in [0, 0.1) is 5.41 Å². The molecule has 0 rings (SSSR count). The minimum absolute atomic E-state index is 0.120. The summed E-state index contributed by atoms with van der Waals surface area (Å²) < 4.78 is 0. The number of hydrogen-bond acceptors (Lipinski definition) is 0. The van der Waals surface area contributed by atoms with Gasteiger partial charge >= 0.3 is 116 Å². The first-order valence-electron chi connectivity index (χ1n) is 6.34. The Morgan fingerprint density at radius 1 is 1.11 bits per heavy atom. The third-order valence-corrected chi connectivity index (χ3v) is 4.94. The monoisotopic (exact) mass is 258 g/mol. The zero-order valence-corrected chi connectivity index (χ0v) is 13.6. The van der Waals surface area contributed by atoms with E-state index in [1.165, 1.54) is 16.4 Å². The third kappa shape index (κ3) is 4.94. The van der Waals surface area contributed by atoms with Gasteiger partial charge in [0, 0.05) is 0 Å². The molecular formula is C15H25B2P+. The predicted octanol–water partition coefficient (Wildman–Crippen LogP) is 5.07. The average Bonchev–Trinajstić information content (AvgIpc) is 2.31. The molecule has 1 unspecified atom stereocenters. The van der Waals surface area contributed by atoms with Crippen LogP contribution < -0.4 is 0 Å². The van der Waals surface area contributed by atoms with E-state index in [-0.39, 0.29) is 12.8 Å². The molecule has 0 aromatic rings. The summed E-state index contributed by atoms with van der Waals surface area (Å²) in [6, 6.07) is 0. The van der Waals surface area contributed by atoms with Gasteiger partial charge in [0.05, 0.1) is 0 Å². The van der Waals surface area contributed by atoms with E-state index < -0.39 is 0 Å². The van der Waals surface area contributed by atoms with Gasteiger partial charge in [0.25, 0.3) is 0 Å². The molecule has 0 N–H and O–H groups in total. The maximum absolute atomic E-state index is 3.96. The molecule has 0 bridgehead atoms. The summed E-state index contributed by atoms with van der Waals surface area (Å²) in [4.78, 5) is 0. The molecule has 0 aliphatic carbocycles. The van der Waals surface area contributed by atoms with Crippen LogP contribution in [0.5, 0.6) is 0 Å². The number of hydrogen-bond donors (Lipinski definition) is 0. The van der Waals surface area contributed by atoms with Crippen molar-refractivity contribution in [3.8, 4) is 0 Å². The molecule has 0 aliphatic rings. The Kier molecular flexibility index (Phi) is 7.48. The summed E-state index contributed by atoms with van der Waals surface area (Å²) in [7, 11) is 1.93. The van der Waals surface area contributed by atoms with Gasteiger partial charge in [-0.05, 0) is 0 Å². The standard InChI is InChI=1S/C15H25B2P/c1-9-12(15(3,4)5)11-13(16-6)14(10-2)18(8)17-7/h9-11H,1-2H2,3-8H3/q+1/b12-11+,14-13-. The van der Waals surface area contributed by atoms with Gasteiger partial charge in [-0.3, -0.25) is 0 Å². The second-order valence-electron chi connectivity index (χ2n) is 5.26. The molecule has 0 aliphatic heterocycles. The topological polar surface area (TPSA) is 0 Å². The van der Waals surface area contributed by atoms with Crippen LogP contribution in [0.25, 0.3) is 0 Å². The Morgan fingerprint density at radius 3 is 1.94 bits per heavy atom. The Morgan fingerprint density at radius 2 is 1.67 bits per heavy atom. The van der Waals surface area contributed by atoms with Crippen molar-refractivity contribution in [3.05, 3.63) is 47.7 Å². The van der Waals surface area contributed by atoms with E-state index in [0.717, 1.165) is 0 Å². The molecule has 0 nitrogen and oxygen atoms in total. The van der Waals surface area contributed by atoms with Crippen molar-refractivity contribution in [2.45, 2.75) is 34.4 Å². The number of allylic oxidation sites excluding steroid dienone is 6. The van der Waals surface area contributed by atoms with Crippen LogP contribution >= 0.6 is 7.41 Å². The first-order chi connectivity index (χ1) is 8.31. The SMILES string of the molecule is C=C/C(=C\C([B]C)=C(/C=C)[P+](C)=BC)C(C)(C)C. The summed E-state index contributed by atoms with van der Waals surface area (Å²) in [5.74, 6) is 0. The van der Waals surface area contributed by atoms with E-state index in [9.17, 15) is 0 Å². The molecule has 1 radical (unpaired) electrons. The molecule has 1 atom stereocenters. The molecule has 18 heavy (non-hydrogen) atoms. The molecule has 0 heterocycles. The van der Waals surface area contributed by atoms with Gasteiger partial charge < -0.3 is 0 Å². The molecular weight excluding hydrogens is 233 g/mol. The second kappa shape index (κ2) is 7.74. The van der Waals surface area contributed by atoms with Gasteiger partial charge in [-0.1, -0.05) is 0 Å². The van der Waals surface area contributed by atoms with Gasteiger partial charge in [-0.15, -0.1) is 0 Å². The van der Waals surface area contributed by atoms with E-state index in [1.54, 1.807) is 0 Å². The second-order valence-corrected chi connectivity index (χ2v) is 7.48. The molecule has 0 spiro atoms. The maximum atomic E-state index is 3.96. The Balaban J connectivity index is 5.85. The summed E-state index contributed by atoms with van der Waals surface area (Å²) in [5.41, 5.74) is 2.64. The zero-order chi connectivity index (χ0) is 14.3. The zero-order valence-electron chi connectivity index (χ0n) is 12.7. The van der Waals surface area contributed by atoms with E-state index in [2.05, 4.69) is 74.2 Å². The quantitative estimate of drug-likeness (QED) is 0.366. The van der Waals surface area contributed by atoms with Crippen molar-refractivity contribution >= 4 is 21.3 Å². The van der Waals surface area contributed by atoms with Crippen molar-refractivity contribution in [3.63, 3.8) is 0 Å². The van der Waals surface area contributed by atoms with Crippen molar-refractivity contribution in [2.75, 3.05) is 6.66 Å². The Hall–Kier alpha value is -0.610. The average molecular weight is 258 g/mol. The molecule has 95 valence electrons. The van der Waals surface area contributed by atoms with Crippen LogP contribution in [0.4, 0.5) is 0 Å². The van der Waals surface area contributed by atoms with Crippen LogP contribution in [-0.4, -0.2) is 20.6 Å². The first kappa shape index (κ1) is 17.4. The van der Waals surface area contributed by atoms with Crippen molar-refractivity contribution in [2.24, 2.45) is 5.41 Å². The Labute approximate surface area is 116 Å². The fourth-order valence-electron chi connectivity index (χ4n) is 1.66. The fraction of sp³-hybridized carbons (Fsp3) is 0.467. The number of rotatable bonds is 5. The van der Waals surface area contributed by atoms with Gasteiger partial charge in [0.1, 0.15) is 0 Å². The van der Waals surface area contributed by atoms with Crippen LogP contribution in [-0.2, 0) is 0 Å². The summed E-state index contributed by atoms with van der Waals surface area (Å²) in [6.07, 6.45) is 6.19. The summed E-state index contributed by atoms with van der Waals surface area (Å²) >= 11 is 0. The van der Waals surface area contributed by atoms with E-state index in [1.807, 2.05) is 12.2 Å². The predicted molar refractivity (Wildman–Crippen MR) is 91.0 cm³/mol. The molecule has 0 aromatic heterocycles. The van der Waals surface area contributed by atoms with Crippen LogP contribution in [0.3, 0.4) is 0 Å². The Bertz CT molecular complexity index is 407. The van der Waals surface area contributed by atoms with Crippen molar-refractivity contribution < 1.29 is 0 Å². The molecule has 0 aromatic carbocycles. The first-order valence-corrected chi connectivity index (χ1v) is 8.20. The van der Waals surface area contributed by atoms with Gasteiger partial charge in [-0.2, -0.15) is 0 Å². The van der Waals surface area contributed by atoms with E-state index in [0.29, 0.717) is 0 Å². The van der Waals surface area contributed by atoms with Crippen molar-refractivity contribution in [1.29, 1.82) is 0 Å². The molecule has 3 heteroatoms. The molecule has 0 saturated heterocycles. The van der Waals surface area contributed by atoms with E-state index in [4.69, 9.17) is 0 Å². The third-order valence-electron chi connectivity index (χ3n) is 2.96. The summed E-state index contributed by atoms with van der Waals surface area (Å²) in [6.45, 7) is 23.2. The molecule has 0 amide bonds. The fourth-order valence-corrected chi connectivity index (χ4v) is 2.83. The van der Waals surface area contributed by atoms with Crippen LogP contribution in [0.15, 0.2) is 47.7 Å². The van der Waals surface area contributed by atoms with Crippen LogP contribution in [0.1, 0.15) is 20.8 Å². The van der Waals surface area contributed by atoms with Crippen LogP contribution in [0.2, 0.25) is 13.6 Å². The minimum atomic E-state index is -0.232. The summed E-state index contributed by atoms with van der Waals surface area (Å²) in [5, 5.41) is 1.33.